The summed E-state index contributed by atoms with van der Waals surface area (Å²) in [7, 11) is 3.47. The van der Waals surface area contributed by atoms with Gasteiger partial charge in [-0.3, -0.25) is 4.68 Å². The van der Waals surface area contributed by atoms with E-state index < -0.39 is 0 Å². The molecule has 0 bridgehead atoms. The predicted molar refractivity (Wildman–Crippen MR) is 63.7 cm³/mol. The van der Waals surface area contributed by atoms with E-state index in [0.29, 0.717) is 17.7 Å². The van der Waals surface area contributed by atoms with E-state index in [1.807, 2.05) is 31.6 Å². The SMILES string of the molecule is COc1ccc(Cc2cnn(C)c2)c(C#N)c1. The normalized spacial score (nSPS) is 9.94. The molecule has 1 aromatic heterocycles. The summed E-state index contributed by atoms with van der Waals surface area (Å²) >= 11 is 0. The van der Waals surface area contributed by atoms with Crippen LogP contribution in [0.25, 0.3) is 0 Å². The van der Waals surface area contributed by atoms with Crippen molar-refractivity contribution in [1.82, 2.24) is 9.78 Å². The molecule has 17 heavy (non-hydrogen) atoms. The monoisotopic (exact) mass is 227 g/mol. The van der Waals surface area contributed by atoms with Gasteiger partial charge < -0.3 is 4.74 Å². The third-order valence-electron chi connectivity index (χ3n) is 2.59. The third kappa shape index (κ3) is 2.45. The summed E-state index contributed by atoms with van der Waals surface area (Å²) in [5, 5.41) is 13.2. The van der Waals surface area contributed by atoms with E-state index in [0.717, 1.165) is 11.1 Å². The van der Waals surface area contributed by atoms with Gasteiger partial charge in [0.2, 0.25) is 0 Å². The van der Waals surface area contributed by atoms with Crippen LogP contribution in [-0.4, -0.2) is 16.9 Å². The number of nitriles is 1. The molecule has 0 aliphatic carbocycles. The highest BCUT2D eigenvalue weighted by molar-refractivity contribution is 5.44. The Kier molecular flexibility index (Phi) is 3.10. The van der Waals surface area contributed by atoms with Gasteiger partial charge in [-0.05, 0) is 23.3 Å². The smallest absolute Gasteiger partial charge is 0.120 e. The van der Waals surface area contributed by atoms with Crippen molar-refractivity contribution in [3.05, 3.63) is 47.3 Å². The average Bonchev–Trinajstić information content (AvgIpc) is 2.75. The highest BCUT2D eigenvalue weighted by atomic mass is 16.5. The summed E-state index contributed by atoms with van der Waals surface area (Å²) in [6.07, 6.45) is 4.47. The van der Waals surface area contributed by atoms with Crippen molar-refractivity contribution < 1.29 is 4.74 Å². The number of nitrogens with zero attached hydrogens (tertiary/aromatic N) is 3. The molecule has 1 aromatic carbocycles. The van der Waals surface area contributed by atoms with Gasteiger partial charge in [0.25, 0.3) is 0 Å². The first-order valence-corrected chi connectivity index (χ1v) is 5.27. The fraction of sp³-hybridized carbons (Fsp3) is 0.231. The second-order valence-electron chi connectivity index (χ2n) is 3.83. The molecule has 0 fully saturated rings. The first-order valence-electron chi connectivity index (χ1n) is 5.27. The molecular weight excluding hydrogens is 214 g/mol. The molecule has 0 saturated carbocycles. The third-order valence-corrected chi connectivity index (χ3v) is 2.59. The second kappa shape index (κ2) is 4.71. The number of rotatable bonds is 3. The zero-order valence-corrected chi connectivity index (χ0v) is 9.84. The van der Waals surface area contributed by atoms with Crippen molar-refractivity contribution in [2.24, 2.45) is 7.05 Å². The molecule has 0 aliphatic heterocycles. The van der Waals surface area contributed by atoms with Crippen molar-refractivity contribution in [2.75, 3.05) is 7.11 Å². The molecule has 0 radical (unpaired) electrons. The van der Waals surface area contributed by atoms with E-state index >= 15 is 0 Å². The number of ether oxygens (including phenoxy) is 1. The zero-order chi connectivity index (χ0) is 12.3. The Balaban J connectivity index is 2.30. The van der Waals surface area contributed by atoms with Gasteiger partial charge in [-0.25, -0.2) is 0 Å². The molecule has 0 saturated heterocycles. The summed E-state index contributed by atoms with van der Waals surface area (Å²) in [5.41, 5.74) is 2.73. The maximum Gasteiger partial charge on any atom is 0.120 e. The lowest BCUT2D eigenvalue weighted by Crippen LogP contribution is -1.93. The Hall–Kier alpha value is -2.28. The molecule has 0 N–H and O–H groups in total. The molecule has 1 heterocycles. The molecule has 86 valence electrons. The standard InChI is InChI=1S/C13H13N3O/c1-16-9-10(8-15-16)5-11-3-4-13(17-2)6-12(11)7-14/h3-4,6,8-9H,5H2,1-2H3. The predicted octanol–water partition coefficient (Wildman–Crippen LogP) is 1.89. The van der Waals surface area contributed by atoms with Crippen LogP contribution in [0.1, 0.15) is 16.7 Å². The Bertz CT molecular complexity index is 566. The molecule has 2 rings (SSSR count). The van der Waals surface area contributed by atoms with E-state index in [1.165, 1.54) is 0 Å². The van der Waals surface area contributed by atoms with Crippen molar-refractivity contribution in [3.8, 4) is 11.8 Å². The van der Waals surface area contributed by atoms with Crippen LogP contribution < -0.4 is 4.74 Å². The zero-order valence-electron chi connectivity index (χ0n) is 9.84. The number of aromatic nitrogens is 2. The van der Waals surface area contributed by atoms with E-state index in [9.17, 15) is 0 Å². The van der Waals surface area contributed by atoms with Crippen LogP contribution in [0.5, 0.6) is 5.75 Å². The summed E-state index contributed by atoms with van der Waals surface area (Å²) in [6, 6.07) is 7.73. The molecular formula is C13H13N3O. The van der Waals surface area contributed by atoms with Crippen molar-refractivity contribution in [2.45, 2.75) is 6.42 Å². The van der Waals surface area contributed by atoms with Crippen molar-refractivity contribution in [1.29, 1.82) is 5.26 Å². The highest BCUT2D eigenvalue weighted by Crippen LogP contribution is 2.19. The molecule has 0 unspecified atom stereocenters. The Labute approximate surface area is 100 Å². The lowest BCUT2D eigenvalue weighted by molar-refractivity contribution is 0.414. The number of hydrogen-bond acceptors (Lipinski definition) is 3. The lowest BCUT2D eigenvalue weighted by Gasteiger charge is -2.05. The van der Waals surface area contributed by atoms with Crippen LogP contribution >= 0.6 is 0 Å². The summed E-state index contributed by atoms with van der Waals surface area (Å²) in [6.45, 7) is 0. The van der Waals surface area contributed by atoms with Crippen LogP contribution in [-0.2, 0) is 13.5 Å². The van der Waals surface area contributed by atoms with Crippen LogP contribution in [0.3, 0.4) is 0 Å². The lowest BCUT2D eigenvalue weighted by atomic mass is 10.0. The maximum absolute atomic E-state index is 9.10. The van der Waals surface area contributed by atoms with Gasteiger partial charge in [-0.15, -0.1) is 0 Å². The quantitative estimate of drug-likeness (QED) is 0.804. The summed E-state index contributed by atoms with van der Waals surface area (Å²) < 4.78 is 6.85. The second-order valence-corrected chi connectivity index (χ2v) is 3.83. The Morgan fingerprint density at radius 2 is 2.29 bits per heavy atom. The number of benzene rings is 1. The summed E-state index contributed by atoms with van der Waals surface area (Å²) in [4.78, 5) is 0. The molecule has 4 nitrogen and oxygen atoms in total. The van der Waals surface area contributed by atoms with Crippen LogP contribution in [0, 0.1) is 11.3 Å². The van der Waals surface area contributed by atoms with Crippen LogP contribution in [0.2, 0.25) is 0 Å². The average molecular weight is 227 g/mol. The Morgan fingerprint density at radius 3 is 2.88 bits per heavy atom. The van der Waals surface area contributed by atoms with E-state index in [2.05, 4.69) is 11.2 Å². The van der Waals surface area contributed by atoms with Crippen LogP contribution in [0.4, 0.5) is 0 Å². The van der Waals surface area contributed by atoms with Gasteiger partial charge in [0, 0.05) is 19.7 Å². The van der Waals surface area contributed by atoms with Gasteiger partial charge in [0.15, 0.2) is 0 Å². The fourth-order valence-electron chi connectivity index (χ4n) is 1.72. The molecule has 0 atom stereocenters. The largest absolute Gasteiger partial charge is 0.497 e. The van der Waals surface area contributed by atoms with Gasteiger partial charge in [0.05, 0.1) is 24.9 Å². The van der Waals surface area contributed by atoms with Crippen molar-refractivity contribution >= 4 is 0 Å². The topological polar surface area (TPSA) is 50.8 Å². The number of hydrogen-bond donors (Lipinski definition) is 0. The maximum atomic E-state index is 9.10. The van der Waals surface area contributed by atoms with Gasteiger partial charge in [-0.1, -0.05) is 6.07 Å². The number of methoxy groups -OCH3 is 1. The molecule has 2 aromatic rings. The minimum atomic E-state index is 0.646. The van der Waals surface area contributed by atoms with Gasteiger partial charge in [0.1, 0.15) is 5.75 Å². The first-order chi connectivity index (χ1) is 8.22. The van der Waals surface area contributed by atoms with Crippen LogP contribution in [0.15, 0.2) is 30.6 Å². The summed E-state index contributed by atoms with van der Waals surface area (Å²) in [5.74, 6) is 0.705. The van der Waals surface area contributed by atoms with Crippen molar-refractivity contribution in [3.63, 3.8) is 0 Å². The first kappa shape index (κ1) is 11.2. The fourth-order valence-corrected chi connectivity index (χ4v) is 1.72. The van der Waals surface area contributed by atoms with E-state index in [4.69, 9.17) is 10.00 Å². The van der Waals surface area contributed by atoms with E-state index in [-0.39, 0.29) is 0 Å². The molecule has 0 amide bonds. The minimum Gasteiger partial charge on any atom is -0.497 e. The van der Waals surface area contributed by atoms with Gasteiger partial charge >= 0.3 is 0 Å². The molecule has 0 aliphatic rings. The molecule has 0 spiro atoms. The minimum absolute atomic E-state index is 0.646. The Morgan fingerprint density at radius 1 is 1.47 bits per heavy atom. The van der Waals surface area contributed by atoms with Gasteiger partial charge in [-0.2, -0.15) is 10.4 Å². The van der Waals surface area contributed by atoms with E-state index in [1.54, 1.807) is 17.9 Å². The number of aryl methyl sites for hydroxylation is 1. The molecule has 4 heteroatoms. The highest BCUT2D eigenvalue weighted by Gasteiger charge is 2.06.